The van der Waals surface area contributed by atoms with Crippen molar-refractivity contribution in [3.8, 4) is 5.75 Å². The number of aliphatic hydroxyl groups is 2. The van der Waals surface area contributed by atoms with E-state index in [1.807, 2.05) is 11.4 Å². The van der Waals surface area contributed by atoms with Crippen LogP contribution >= 0.6 is 34.3 Å². The molecule has 0 aliphatic heterocycles. The van der Waals surface area contributed by atoms with Crippen LogP contribution in [0, 0.1) is 0 Å². The maximum atomic E-state index is 13.5. The van der Waals surface area contributed by atoms with Crippen LogP contribution in [0.3, 0.4) is 0 Å². The predicted molar refractivity (Wildman–Crippen MR) is 218 cm³/mol. The number of esters is 1. The third kappa shape index (κ3) is 7.63. The van der Waals surface area contributed by atoms with E-state index in [4.69, 9.17) is 16.3 Å². The molecule has 2 aromatic carbocycles. The topological polar surface area (TPSA) is 166 Å². The molecule has 0 amide bonds. The van der Waals surface area contributed by atoms with E-state index in [0.717, 1.165) is 81.1 Å². The van der Waals surface area contributed by atoms with E-state index < -0.39 is 17.7 Å². The lowest BCUT2D eigenvalue weighted by atomic mass is 9.91. The molecule has 2 atom stereocenters. The first-order chi connectivity index (χ1) is 27.1. The Hall–Kier alpha value is -4.15. The summed E-state index contributed by atoms with van der Waals surface area (Å²) in [7, 11) is 2.16. The van der Waals surface area contributed by atoms with Gasteiger partial charge in [-0.3, -0.25) is 4.79 Å². The molecule has 15 heteroatoms. The number of phenols is 1. The molecule has 0 bridgehead atoms. The molecule has 4 heterocycles. The van der Waals surface area contributed by atoms with Gasteiger partial charge < -0.3 is 35.3 Å². The number of hydrogen-bond acceptors (Lipinski definition) is 12. The second kappa shape index (κ2) is 16.4. The number of benzene rings is 2. The highest BCUT2D eigenvalue weighted by Crippen LogP contribution is 2.40. The van der Waals surface area contributed by atoms with Crippen LogP contribution in [0.5, 0.6) is 5.75 Å². The van der Waals surface area contributed by atoms with E-state index in [2.05, 4.69) is 43.3 Å². The first kappa shape index (κ1) is 38.7. The van der Waals surface area contributed by atoms with Crippen molar-refractivity contribution in [2.75, 3.05) is 20.1 Å². The van der Waals surface area contributed by atoms with Gasteiger partial charge >= 0.3 is 5.97 Å². The Morgan fingerprint density at radius 3 is 2.71 bits per heavy atom. The number of aliphatic hydroxyl groups excluding tert-OH is 1. The fraction of sp³-hybridized carbons (Fsp3) is 0.415. The zero-order valence-corrected chi connectivity index (χ0v) is 33.4. The lowest BCUT2D eigenvalue weighted by Crippen LogP contribution is -2.42. The molecule has 6 aromatic rings. The number of halogens is 1. The fourth-order valence-corrected chi connectivity index (χ4v) is 10.5. The Bertz CT molecular complexity index is 2400. The first-order valence-corrected chi connectivity index (χ1v) is 21.2. The van der Waals surface area contributed by atoms with Gasteiger partial charge in [-0.1, -0.05) is 28.9 Å². The van der Waals surface area contributed by atoms with Crippen LogP contribution in [0.4, 0.5) is 0 Å². The molecule has 1 saturated carbocycles. The third-order valence-corrected chi connectivity index (χ3v) is 13.7. The van der Waals surface area contributed by atoms with Gasteiger partial charge in [0.15, 0.2) is 0 Å². The molecule has 12 nitrogen and oxygen atoms in total. The van der Waals surface area contributed by atoms with Crippen LogP contribution in [0.2, 0.25) is 4.34 Å². The summed E-state index contributed by atoms with van der Waals surface area (Å²) in [6.07, 6.45) is 6.13. The molecule has 4 aromatic heterocycles. The van der Waals surface area contributed by atoms with E-state index in [0.29, 0.717) is 49.7 Å². The molecule has 0 spiro atoms. The number of aromatic hydroxyl groups is 1. The van der Waals surface area contributed by atoms with E-state index >= 15 is 0 Å². The first-order valence-electron chi connectivity index (χ1n) is 19.1. The lowest BCUT2D eigenvalue weighted by Gasteiger charge is -2.35. The molecule has 0 radical (unpaired) electrons. The number of carbonyl (C=O) groups excluding carboxylic acids is 1. The Labute approximate surface area is 336 Å². The van der Waals surface area contributed by atoms with Gasteiger partial charge in [-0.15, -0.1) is 27.8 Å². The van der Waals surface area contributed by atoms with Gasteiger partial charge in [0.05, 0.1) is 31.2 Å². The van der Waals surface area contributed by atoms with Gasteiger partial charge in [0, 0.05) is 37.1 Å². The van der Waals surface area contributed by atoms with Gasteiger partial charge in [-0.05, 0) is 129 Å². The van der Waals surface area contributed by atoms with E-state index in [1.54, 1.807) is 30.3 Å². The molecular weight excluding hydrogens is 772 g/mol. The number of nitrogens with one attached hydrogen (secondary N) is 2. The van der Waals surface area contributed by atoms with Crippen LogP contribution in [-0.2, 0) is 41.1 Å². The number of aromatic amines is 1. The second-order valence-corrected chi connectivity index (χ2v) is 17.6. The van der Waals surface area contributed by atoms with Crippen LogP contribution < -0.4 is 10.9 Å². The SMILES string of the molecule is CN(CCCn1nnc2cc(CNC[C@H](O)c3ccc(O)c4[nH]c(=O)ccc34)c3c(c21)CCC3)[C@H]1CC[C@H](OC(=O)C(O)(c2cccs2)c2ccc(Cl)s2)CC1. The maximum absolute atomic E-state index is 13.5. The molecule has 1 fully saturated rings. The summed E-state index contributed by atoms with van der Waals surface area (Å²) < 4.78 is 8.53. The molecule has 2 aliphatic carbocycles. The molecule has 56 heavy (non-hydrogen) atoms. The summed E-state index contributed by atoms with van der Waals surface area (Å²) in [5, 5.41) is 48.0. The number of ether oxygens (including phenoxy) is 1. The number of rotatable bonds is 14. The molecule has 294 valence electrons. The van der Waals surface area contributed by atoms with Crippen molar-refractivity contribution < 1.29 is 24.9 Å². The molecular formula is C41H45ClN6O6S2. The zero-order chi connectivity index (χ0) is 39.0. The number of nitrogens with zero attached hydrogens (tertiary/aromatic N) is 4. The number of H-pyrrole nitrogens is 1. The fourth-order valence-electron chi connectivity index (χ4n) is 8.47. The summed E-state index contributed by atoms with van der Waals surface area (Å²) >= 11 is 8.68. The normalized spacial score (nSPS) is 18.7. The minimum Gasteiger partial charge on any atom is -0.506 e. The molecule has 0 saturated heterocycles. The monoisotopic (exact) mass is 816 g/mol. The van der Waals surface area contributed by atoms with Crippen molar-refractivity contribution in [2.24, 2.45) is 0 Å². The predicted octanol–water partition coefficient (Wildman–Crippen LogP) is 6.18. The summed E-state index contributed by atoms with van der Waals surface area (Å²) in [6, 6.07) is 15.6. The Kier molecular flexibility index (Phi) is 11.3. The van der Waals surface area contributed by atoms with Crippen LogP contribution in [0.15, 0.2) is 64.8 Å². The van der Waals surface area contributed by atoms with Crippen molar-refractivity contribution in [3.05, 3.63) is 107 Å². The Morgan fingerprint density at radius 1 is 1.12 bits per heavy atom. The van der Waals surface area contributed by atoms with Crippen molar-refractivity contribution in [2.45, 2.75) is 88.3 Å². The lowest BCUT2D eigenvalue weighted by molar-refractivity contribution is -0.169. The standard InChI is InChI=1S/C41H45ClN6O6S2/c1-47(25-8-10-26(11-9-25)54-40(52)41(53,34-7-3-20-55-34)35-15-16-36(42)56-35)18-4-19-48-39-30-6-2-5-27(30)24(21-31(39)45-46-48)22-43-23-33(50)28-12-14-32(49)38-29(28)13-17-37(51)44-38/h3,7,12-17,20-21,25-26,33,43,49-50,53H,2,4-6,8-11,18-19,22-23H2,1H3,(H,44,51)/t25-,26-,33-,41?/m0/s1. The minimum atomic E-state index is -1.87. The van der Waals surface area contributed by atoms with Crippen LogP contribution in [0.1, 0.15) is 76.6 Å². The van der Waals surface area contributed by atoms with Crippen LogP contribution in [-0.4, -0.2) is 78.4 Å². The number of pyridine rings is 1. The summed E-state index contributed by atoms with van der Waals surface area (Å²) in [5.74, 6) is -0.684. The Balaban J connectivity index is 0.843. The number of carbonyl (C=O) groups is 1. The molecule has 5 N–H and O–H groups in total. The van der Waals surface area contributed by atoms with Crippen molar-refractivity contribution in [1.82, 2.24) is 30.2 Å². The van der Waals surface area contributed by atoms with Gasteiger partial charge in [-0.25, -0.2) is 9.48 Å². The molecule has 2 aliphatic rings. The maximum Gasteiger partial charge on any atom is 0.349 e. The van der Waals surface area contributed by atoms with E-state index in [-0.39, 0.29) is 17.4 Å². The van der Waals surface area contributed by atoms with Gasteiger partial charge in [-0.2, -0.15) is 0 Å². The summed E-state index contributed by atoms with van der Waals surface area (Å²) in [5.41, 5.74) is 4.56. The number of aromatic nitrogens is 4. The highest BCUT2D eigenvalue weighted by molar-refractivity contribution is 7.16. The number of hydrogen-bond donors (Lipinski definition) is 5. The van der Waals surface area contributed by atoms with Crippen molar-refractivity contribution in [3.63, 3.8) is 0 Å². The van der Waals surface area contributed by atoms with E-state index in [9.17, 15) is 24.9 Å². The highest BCUT2D eigenvalue weighted by Gasteiger charge is 2.45. The zero-order valence-electron chi connectivity index (χ0n) is 31.0. The number of phenolic OH excluding ortho intramolecular Hbond substituents is 1. The highest BCUT2D eigenvalue weighted by atomic mass is 35.5. The minimum absolute atomic E-state index is 0.0343. The van der Waals surface area contributed by atoms with Crippen molar-refractivity contribution >= 4 is 62.2 Å². The van der Waals surface area contributed by atoms with Crippen molar-refractivity contribution in [1.29, 1.82) is 0 Å². The number of fused-ring (bicyclic) bond motifs is 4. The second-order valence-electron chi connectivity index (χ2n) is 14.9. The number of thiophene rings is 2. The molecule has 8 rings (SSSR count). The Morgan fingerprint density at radius 2 is 1.95 bits per heavy atom. The smallest absolute Gasteiger partial charge is 0.349 e. The summed E-state index contributed by atoms with van der Waals surface area (Å²) in [4.78, 5) is 31.4. The average molecular weight is 817 g/mol. The molecule has 1 unspecified atom stereocenters. The largest absolute Gasteiger partial charge is 0.506 e. The average Bonchev–Trinajstić information content (AvgIpc) is 4.03. The summed E-state index contributed by atoms with van der Waals surface area (Å²) in [6.45, 7) is 2.51. The van der Waals surface area contributed by atoms with E-state index in [1.165, 1.54) is 45.9 Å². The van der Waals surface area contributed by atoms with Gasteiger partial charge in [0.2, 0.25) is 11.2 Å². The third-order valence-electron chi connectivity index (χ3n) is 11.4. The quantitative estimate of drug-likeness (QED) is 0.0802. The van der Waals surface area contributed by atoms with Gasteiger partial charge in [0.1, 0.15) is 17.4 Å². The number of aryl methyl sites for hydroxylation is 2. The van der Waals surface area contributed by atoms with Gasteiger partial charge in [0.25, 0.3) is 0 Å². The van der Waals surface area contributed by atoms with Crippen LogP contribution in [0.25, 0.3) is 21.9 Å².